The van der Waals surface area contributed by atoms with Crippen molar-refractivity contribution in [2.24, 2.45) is 0 Å². The van der Waals surface area contributed by atoms with Gasteiger partial charge in [0.2, 0.25) is 0 Å². The lowest BCUT2D eigenvalue weighted by Gasteiger charge is -2.19. The number of nitrogen functional groups attached to an aromatic ring is 1. The zero-order chi connectivity index (χ0) is 17.8. The predicted molar refractivity (Wildman–Crippen MR) is 95.8 cm³/mol. The monoisotopic (exact) mass is 331 g/mol. The van der Waals surface area contributed by atoms with E-state index in [1.54, 1.807) is 6.07 Å². The van der Waals surface area contributed by atoms with Crippen molar-refractivity contribution in [1.29, 1.82) is 10.5 Å². The van der Waals surface area contributed by atoms with E-state index < -0.39 is 0 Å². The fraction of sp³-hybridized carbons (Fsp3) is 0.222. The summed E-state index contributed by atoms with van der Waals surface area (Å²) in [6, 6.07) is 13.7. The Morgan fingerprint density at radius 3 is 2.80 bits per heavy atom. The second kappa shape index (κ2) is 6.90. The number of aromatic nitrogens is 3. The van der Waals surface area contributed by atoms with Crippen molar-refractivity contribution in [3.05, 3.63) is 47.2 Å². The van der Waals surface area contributed by atoms with E-state index in [0.29, 0.717) is 17.5 Å². The molecular formula is C18H17N7. The first-order chi connectivity index (χ1) is 12.1. The Labute approximate surface area is 145 Å². The molecule has 0 bridgehead atoms. The minimum Gasteiger partial charge on any atom is -0.381 e. The molecule has 0 fully saturated rings. The van der Waals surface area contributed by atoms with E-state index in [1.165, 1.54) is 0 Å². The molecule has 2 aromatic heterocycles. The molecule has 7 nitrogen and oxygen atoms in total. The van der Waals surface area contributed by atoms with Crippen LogP contribution in [-0.2, 0) is 6.42 Å². The molecule has 0 aliphatic rings. The molecule has 124 valence electrons. The quantitative estimate of drug-likeness (QED) is 0.741. The summed E-state index contributed by atoms with van der Waals surface area (Å²) in [6.07, 6.45) is 1.46. The molecular weight excluding hydrogens is 314 g/mol. The molecule has 3 N–H and O–H groups in total. The summed E-state index contributed by atoms with van der Waals surface area (Å²) in [4.78, 5) is 6.63. The Hall–Kier alpha value is -3.58. The van der Waals surface area contributed by atoms with Crippen molar-refractivity contribution >= 4 is 22.5 Å². The Morgan fingerprint density at radius 1 is 1.24 bits per heavy atom. The highest BCUT2D eigenvalue weighted by Gasteiger charge is 2.12. The van der Waals surface area contributed by atoms with E-state index in [4.69, 9.17) is 11.0 Å². The number of hydrogen-bond acceptors (Lipinski definition) is 6. The van der Waals surface area contributed by atoms with Gasteiger partial charge in [0.1, 0.15) is 17.5 Å². The summed E-state index contributed by atoms with van der Waals surface area (Å²) >= 11 is 0. The van der Waals surface area contributed by atoms with Crippen LogP contribution in [0.15, 0.2) is 30.3 Å². The number of nitrogens with zero attached hydrogens (tertiary/aromatic N) is 5. The molecule has 0 saturated carbocycles. The van der Waals surface area contributed by atoms with Crippen molar-refractivity contribution in [1.82, 2.24) is 15.2 Å². The predicted octanol–water partition coefficient (Wildman–Crippen LogP) is 2.35. The lowest BCUT2D eigenvalue weighted by Crippen LogP contribution is -2.20. The molecule has 0 amide bonds. The number of pyridine rings is 1. The lowest BCUT2D eigenvalue weighted by molar-refractivity contribution is 0.760. The van der Waals surface area contributed by atoms with Crippen LogP contribution in [-0.4, -0.2) is 28.8 Å². The van der Waals surface area contributed by atoms with Crippen molar-refractivity contribution in [2.45, 2.75) is 12.8 Å². The zero-order valence-corrected chi connectivity index (χ0v) is 13.8. The standard InChI is InChI=1S/C18H17N7/c1-25(8-4-7-16-14(11-20)18(21)24-23-16)17-9-12(10-19)13-5-2-3-6-15(13)22-17/h2-3,5-6,9H,4,7-8H2,1H3,(H3,21,23,24). The summed E-state index contributed by atoms with van der Waals surface area (Å²) in [5.41, 5.74) is 8.22. The van der Waals surface area contributed by atoms with Crippen molar-refractivity contribution in [3.63, 3.8) is 0 Å². The van der Waals surface area contributed by atoms with E-state index in [1.807, 2.05) is 36.2 Å². The first kappa shape index (κ1) is 16.3. The van der Waals surface area contributed by atoms with Crippen LogP contribution in [0.2, 0.25) is 0 Å². The van der Waals surface area contributed by atoms with Gasteiger partial charge in [-0.05, 0) is 25.0 Å². The second-order valence-corrected chi connectivity index (χ2v) is 5.76. The number of fused-ring (bicyclic) bond motifs is 1. The minimum atomic E-state index is 0.237. The summed E-state index contributed by atoms with van der Waals surface area (Å²) in [5, 5.41) is 26.0. The van der Waals surface area contributed by atoms with Gasteiger partial charge in [-0.1, -0.05) is 18.2 Å². The maximum Gasteiger partial charge on any atom is 0.163 e. The molecule has 0 radical (unpaired) electrons. The largest absolute Gasteiger partial charge is 0.381 e. The van der Waals surface area contributed by atoms with Crippen LogP contribution in [0.25, 0.3) is 10.9 Å². The molecule has 3 rings (SSSR count). The zero-order valence-electron chi connectivity index (χ0n) is 13.8. The SMILES string of the molecule is CN(CCCc1[nH]nc(N)c1C#N)c1cc(C#N)c2ccccc2n1. The number of anilines is 2. The van der Waals surface area contributed by atoms with Gasteiger partial charge in [0.25, 0.3) is 0 Å². The van der Waals surface area contributed by atoms with E-state index in [9.17, 15) is 5.26 Å². The van der Waals surface area contributed by atoms with Crippen LogP contribution in [0.3, 0.4) is 0 Å². The summed E-state index contributed by atoms with van der Waals surface area (Å²) in [6.45, 7) is 0.722. The van der Waals surface area contributed by atoms with Gasteiger partial charge in [-0.15, -0.1) is 0 Å². The van der Waals surface area contributed by atoms with Gasteiger partial charge in [0.05, 0.1) is 22.8 Å². The van der Waals surface area contributed by atoms with Gasteiger partial charge in [0, 0.05) is 19.0 Å². The topological polar surface area (TPSA) is 118 Å². The van der Waals surface area contributed by atoms with Crippen LogP contribution < -0.4 is 10.6 Å². The van der Waals surface area contributed by atoms with Crippen LogP contribution in [0.1, 0.15) is 23.2 Å². The van der Waals surface area contributed by atoms with Crippen molar-refractivity contribution in [2.75, 3.05) is 24.2 Å². The number of aromatic amines is 1. The Balaban J connectivity index is 1.73. The maximum absolute atomic E-state index is 9.38. The van der Waals surface area contributed by atoms with Gasteiger partial charge in [-0.2, -0.15) is 15.6 Å². The third kappa shape index (κ3) is 3.22. The molecule has 0 unspecified atom stereocenters. The highest BCUT2D eigenvalue weighted by atomic mass is 15.2. The second-order valence-electron chi connectivity index (χ2n) is 5.76. The van der Waals surface area contributed by atoms with Crippen LogP contribution in [0, 0.1) is 22.7 Å². The average molecular weight is 331 g/mol. The van der Waals surface area contributed by atoms with Gasteiger partial charge < -0.3 is 10.6 Å². The number of nitriles is 2. The van der Waals surface area contributed by atoms with Gasteiger partial charge in [0.15, 0.2) is 5.82 Å². The number of aryl methyl sites for hydroxylation is 1. The van der Waals surface area contributed by atoms with Gasteiger partial charge in [-0.3, -0.25) is 5.10 Å². The van der Waals surface area contributed by atoms with Crippen molar-refractivity contribution in [3.8, 4) is 12.1 Å². The third-order valence-electron chi connectivity index (χ3n) is 4.12. The van der Waals surface area contributed by atoms with Crippen LogP contribution >= 0.6 is 0 Å². The van der Waals surface area contributed by atoms with Gasteiger partial charge >= 0.3 is 0 Å². The molecule has 0 aliphatic heterocycles. The smallest absolute Gasteiger partial charge is 0.163 e. The number of hydrogen-bond donors (Lipinski definition) is 2. The van der Waals surface area contributed by atoms with E-state index >= 15 is 0 Å². The Morgan fingerprint density at radius 2 is 2.04 bits per heavy atom. The van der Waals surface area contributed by atoms with E-state index in [-0.39, 0.29) is 5.82 Å². The summed E-state index contributed by atoms with van der Waals surface area (Å²) in [5.74, 6) is 0.987. The molecule has 7 heteroatoms. The molecule has 0 atom stereocenters. The van der Waals surface area contributed by atoms with Crippen molar-refractivity contribution < 1.29 is 0 Å². The Bertz CT molecular complexity index is 991. The number of benzene rings is 1. The molecule has 0 saturated heterocycles. The number of nitrogens with one attached hydrogen (secondary N) is 1. The Kier molecular flexibility index (Phi) is 4.49. The molecule has 0 aliphatic carbocycles. The van der Waals surface area contributed by atoms with Crippen LogP contribution in [0.5, 0.6) is 0 Å². The van der Waals surface area contributed by atoms with Crippen LogP contribution in [0.4, 0.5) is 11.6 Å². The first-order valence-corrected chi connectivity index (χ1v) is 7.88. The maximum atomic E-state index is 9.38. The number of rotatable bonds is 5. The van der Waals surface area contributed by atoms with E-state index in [2.05, 4.69) is 27.3 Å². The summed E-state index contributed by atoms with van der Waals surface area (Å²) in [7, 11) is 1.94. The average Bonchev–Trinajstić information content (AvgIpc) is 3.00. The van der Waals surface area contributed by atoms with E-state index in [0.717, 1.165) is 35.4 Å². The molecule has 25 heavy (non-hydrogen) atoms. The highest BCUT2D eigenvalue weighted by molar-refractivity contribution is 5.86. The third-order valence-corrected chi connectivity index (χ3v) is 4.12. The number of H-pyrrole nitrogens is 1. The molecule has 2 heterocycles. The number of nitrogens with two attached hydrogens (primary N) is 1. The fourth-order valence-corrected chi connectivity index (χ4v) is 2.76. The summed E-state index contributed by atoms with van der Waals surface area (Å²) < 4.78 is 0. The normalized spacial score (nSPS) is 10.4. The molecule has 0 spiro atoms. The lowest BCUT2D eigenvalue weighted by atomic mass is 10.1. The molecule has 3 aromatic rings. The number of para-hydroxylation sites is 1. The first-order valence-electron chi connectivity index (χ1n) is 7.88. The highest BCUT2D eigenvalue weighted by Crippen LogP contribution is 2.22. The fourth-order valence-electron chi connectivity index (χ4n) is 2.76. The van der Waals surface area contributed by atoms with Gasteiger partial charge in [-0.25, -0.2) is 4.98 Å². The molecule has 1 aromatic carbocycles. The minimum absolute atomic E-state index is 0.237.